The number of anilines is 1. The van der Waals surface area contributed by atoms with Gasteiger partial charge >= 0.3 is 0 Å². The molecule has 0 radical (unpaired) electrons. The van der Waals surface area contributed by atoms with Crippen molar-refractivity contribution in [3.8, 4) is 6.07 Å². The molecule has 2 nitrogen and oxygen atoms in total. The average Bonchev–Trinajstić information content (AvgIpc) is 2.59. The van der Waals surface area contributed by atoms with Crippen LogP contribution in [0.4, 0.5) is 5.00 Å². The van der Waals surface area contributed by atoms with Gasteiger partial charge in [0.1, 0.15) is 11.1 Å². The van der Waals surface area contributed by atoms with Crippen LogP contribution in [-0.2, 0) is 6.42 Å². The summed E-state index contributed by atoms with van der Waals surface area (Å²) in [7, 11) is 0. The number of aryl methyl sites for hydroxylation is 1. The number of nitrogen functional groups attached to an aromatic ring is 1. The van der Waals surface area contributed by atoms with Gasteiger partial charge in [-0.3, -0.25) is 0 Å². The topological polar surface area (TPSA) is 49.8 Å². The summed E-state index contributed by atoms with van der Waals surface area (Å²) in [5.41, 5.74) is 6.34. The van der Waals surface area contributed by atoms with Crippen LogP contribution in [0.2, 0.25) is 0 Å². The van der Waals surface area contributed by atoms with Crippen molar-refractivity contribution in [2.45, 2.75) is 45.4 Å². The minimum Gasteiger partial charge on any atom is -0.389 e. The molecule has 0 atom stereocenters. The average molecular weight is 222 g/mol. The van der Waals surface area contributed by atoms with Crippen molar-refractivity contribution in [3.05, 3.63) is 16.5 Å². The van der Waals surface area contributed by atoms with Gasteiger partial charge in [0.15, 0.2) is 0 Å². The molecule has 0 saturated carbocycles. The first-order valence-corrected chi connectivity index (χ1v) is 6.38. The molecule has 0 aliphatic heterocycles. The smallest absolute Gasteiger partial charge is 0.104 e. The molecule has 0 aliphatic rings. The van der Waals surface area contributed by atoms with Crippen molar-refractivity contribution < 1.29 is 0 Å². The lowest BCUT2D eigenvalue weighted by atomic mass is 10.1. The molecule has 0 unspecified atom stereocenters. The van der Waals surface area contributed by atoms with E-state index < -0.39 is 0 Å². The Morgan fingerprint density at radius 2 is 2.07 bits per heavy atom. The highest BCUT2D eigenvalue weighted by atomic mass is 32.1. The van der Waals surface area contributed by atoms with Crippen LogP contribution in [0.3, 0.4) is 0 Å². The Morgan fingerprint density at radius 1 is 1.33 bits per heavy atom. The second kappa shape index (κ2) is 6.47. The van der Waals surface area contributed by atoms with Crippen LogP contribution in [-0.4, -0.2) is 0 Å². The number of nitrogens with two attached hydrogens (primary N) is 1. The van der Waals surface area contributed by atoms with E-state index in [-0.39, 0.29) is 0 Å². The van der Waals surface area contributed by atoms with Gasteiger partial charge in [0.05, 0.1) is 5.56 Å². The maximum absolute atomic E-state index is 8.75. The fraction of sp³-hybridized carbons (Fsp3) is 0.583. The van der Waals surface area contributed by atoms with E-state index in [0.29, 0.717) is 10.6 Å². The number of nitrogens with zero attached hydrogens (tertiary/aromatic N) is 1. The van der Waals surface area contributed by atoms with Crippen molar-refractivity contribution in [1.29, 1.82) is 5.26 Å². The van der Waals surface area contributed by atoms with Crippen molar-refractivity contribution in [1.82, 2.24) is 0 Å². The summed E-state index contributed by atoms with van der Waals surface area (Å²) in [6.45, 7) is 2.22. The van der Waals surface area contributed by atoms with Gasteiger partial charge in [-0.25, -0.2) is 0 Å². The van der Waals surface area contributed by atoms with E-state index in [4.69, 9.17) is 11.0 Å². The molecule has 2 N–H and O–H groups in total. The summed E-state index contributed by atoms with van der Waals surface area (Å²) < 4.78 is 0. The van der Waals surface area contributed by atoms with Gasteiger partial charge < -0.3 is 5.73 Å². The highest BCUT2D eigenvalue weighted by molar-refractivity contribution is 7.16. The minimum atomic E-state index is 0.642. The van der Waals surface area contributed by atoms with Gasteiger partial charge in [-0.2, -0.15) is 5.26 Å². The van der Waals surface area contributed by atoms with Crippen LogP contribution >= 0.6 is 11.3 Å². The summed E-state index contributed by atoms with van der Waals surface area (Å²) in [4.78, 5) is 1.25. The van der Waals surface area contributed by atoms with E-state index in [9.17, 15) is 0 Å². The Balaban J connectivity index is 2.29. The van der Waals surface area contributed by atoms with Gasteiger partial charge in [0.25, 0.3) is 0 Å². The first-order valence-electron chi connectivity index (χ1n) is 5.56. The normalized spacial score (nSPS) is 10.1. The molecule has 15 heavy (non-hydrogen) atoms. The molecule has 0 fully saturated rings. The first-order chi connectivity index (χ1) is 7.27. The molecule has 82 valence electrons. The van der Waals surface area contributed by atoms with Crippen LogP contribution in [0.15, 0.2) is 6.07 Å². The van der Waals surface area contributed by atoms with Crippen molar-refractivity contribution >= 4 is 16.3 Å². The van der Waals surface area contributed by atoms with E-state index in [2.05, 4.69) is 13.0 Å². The lowest BCUT2D eigenvalue weighted by Crippen LogP contribution is -1.81. The SMILES string of the molecule is CCCCCCCc1cc(C#N)c(N)s1. The molecule has 1 aromatic rings. The summed E-state index contributed by atoms with van der Waals surface area (Å²) in [6.07, 6.45) is 7.50. The maximum atomic E-state index is 8.75. The number of unbranched alkanes of at least 4 members (excludes halogenated alkanes) is 4. The minimum absolute atomic E-state index is 0.642. The molecule has 0 bridgehead atoms. The second-order valence-corrected chi connectivity index (χ2v) is 4.93. The second-order valence-electron chi connectivity index (χ2n) is 3.77. The fourth-order valence-corrected chi connectivity index (χ4v) is 2.49. The number of hydrogen-bond donors (Lipinski definition) is 1. The third kappa shape index (κ3) is 3.93. The van der Waals surface area contributed by atoms with E-state index in [1.54, 1.807) is 11.3 Å². The zero-order valence-corrected chi connectivity index (χ0v) is 10.1. The molecule has 0 amide bonds. The predicted molar refractivity (Wildman–Crippen MR) is 65.9 cm³/mol. The van der Waals surface area contributed by atoms with Crippen LogP contribution in [0.25, 0.3) is 0 Å². The van der Waals surface area contributed by atoms with Crippen molar-refractivity contribution in [2.75, 3.05) is 5.73 Å². The van der Waals surface area contributed by atoms with Gasteiger partial charge in [-0.1, -0.05) is 32.6 Å². The molecule has 0 spiro atoms. The molecular formula is C12H18N2S. The highest BCUT2D eigenvalue weighted by Crippen LogP contribution is 2.25. The fourth-order valence-electron chi connectivity index (χ4n) is 1.57. The molecule has 1 heterocycles. The summed E-state index contributed by atoms with van der Waals surface area (Å²) in [5.74, 6) is 0. The lowest BCUT2D eigenvalue weighted by Gasteiger charge is -1.97. The van der Waals surface area contributed by atoms with Gasteiger partial charge in [0, 0.05) is 4.88 Å². The van der Waals surface area contributed by atoms with Crippen molar-refractivity contribution in [2.24, 2.45) is 0 Å². The standard InChI is InChI=1S/C12H18N2S/c1-2-3-4-5-6-7-11-8-10(9-13)12(14)15-11/h8H,2-7,14H2,1H3. The van der Waals surface area contributed by atoms with Crippen LogP contribution in [0.1, 0.15) is 49.5 Å². The Hall–Kier alpha value is -1.01. The number of rotatable bonds is 6. The Morgan fingerprint density at radius 3 is 2.67 bits per heavy atom. The maximum Gasteiger partial charge on any atom is 0.104 e. The first kappa shape index (κ1) is 12.1. The third-order valence-corrected chi connectivity index (χ3v) is 3.48. The van der Waals surface area contributed by atoms with Gasteiger partial charge in [0.2, 0.25) is 0 Å². The van der Waals surface area contributed by atoms with Gasteiger partial charge in [-0.05, 0) is 18.9 Å². The third-order valence-electron chi connectivity index (χ3n) is 2.46. The molecule has 0 aromatic carbocycles. The Bertz CT molecular complexity index is 336. The van der Waals surface area contributed by atoms with Crippen molar-refractivity contribution in [3.63, 3.8) is 0 Å². The Labute approximate surface area is 95.7 Å². The van der Waals surface area contributed by atoms with Gasteiger partial charge in [-0.15, -0.1) is 11.3 Å². The molecule has 3 heteroatoms. The van der Waals surface area contributed by atoms with Crippen LogP contribution < -0.4 is 5.73 Å². The zero-order chi connectivity index (χ0) is 11.1. The molecule has 1 rings (SSSR count). The molecule has 0 aliphatic carbocycles. The van der Waals surface area contributed by atoms with E-state index in [0.717, 1.165) is 6.42 Å². The monoisotopic (exact) mass is 222 g/mol. The number of thiophene rings is 1. The van der Waals surface area contributed by atoms with E-state index in [1.165, 1.54) is 37.0 Å². The Kier molecular flexibility index (Phi) is 5.20. The zero-order valence-electron chi connectivity index (χ0n) is 9.25. The van der Waals surface area contributed by atoms with E-state index in [1.807, 2.05) is 6.07 Å². The number of hydrogen-bond acceptors (Lipinski definition) is 3. The van der Waals surface area contributed by atoms with Crippen LogP contribution in [0, 0.1) is 11.3 Å². The lowest BCUT2D eigenvalue weighted by molar-refractivity contribution is 0.634. The molecule has 0 saturated heterocycles. The molecular weight excluding hydrogens is 204 g/mol. The number of nitriles is 1. The highest BCUT2D eigenvalue weighted by Gasteiger charge is 2.04. The summed E-state index contributed by atoms with van der Waals surface area (Å²) in [6, 6.07) is 4.04. The quantitative estimate of drug-likeness (QED) is 0.746. The predicted octanol–water partition coefficient (Wildman–Crippen LogP) is 3.71. The largest absolute Gasteiger partial charge is 0.389 e. The molecule has 1 aromatic heterocycles. The summed E-state index contributed by atoms with van der Waals surface area (Å²) in [5, 5.41) is 9.42. The van der Waals surface area contributed by atoms with Crippen LogP contribution in [0.5, 0.6) is 0 Å². The summed E-state index contributed by atoms with van der Waals surface area (Å²) >= 11 is 1.56. The van der Waals surface area contributed by atoms with E-state index >= 15 is 0 Å².